The number of hydrogen-bond donors (Lipinski definition) is 0. The van der Waals surface area contributed by atoms with E-state index in [0.717, 1.165) is 57.1 Å². The molecule has 2 aliphatic rings. The summed E-state index contributed by atoms with van der Waals surface area (Å²) in [5, 5.41) is 4.18. The van der Waals surface area contributed by atoms with Gasteiger partial charge in [-0.25, -0.2) is 0 Å². The van der Waals surface area contributed by atoms with Crippen molar-refractivity contribution in [2.24, 2.45) is 7.05 Å². The van der Waals surface area contributed by atoms with E-state index in [0.29, 0.717) is 6.61 Å². The van der Waals surface area contributed by atoms with Gasteiger partial charge in [0.05, 0.1) is 17.9 Å². The van der Waals surface area contributed by atoms with Crippen molar-refractivity contribution in [1.29, 1.82) is 0 Å². The molecule has 0 bridgehead atoms. The number of ether oxygens (including phenoxy) is 1. The molecule has 2 saturated heterocycles. The normalized spacial score (nSPS) is 21.7. The van der Waals surface area contributed by atoms with E-state index in [2.05, 4.69) is 14.9 Å². The molecule has 2 aromatic rings. The Hall–Kier alpha value is -2.38. The molecule has 3 heterocycles. The van der Waals surface area contributed by atoms with Gasteiger partial charge in [-0.05, 0) is 18.6 Å². The number of para-hydroxylation sites is 1. The first-order chi connectivity index (χ1) is 13.2. The zero-order chi connectivity index (χ0) is 18.6. The Balaban J connectivity index is 1.23. The van der Waals surface area contributed by atoms with E-state index in [-0.39, 0.29) is 11.9 Å². The Labute approximate surface area is 160 Å². The van der Waals surface area contributed by atoms with E-state index in [1.807, 2.05) is 48.5 Å². The second-order valence-electron chi connectivity index (χ2n) is 7.21. The zero-order valence-electron chi connectivity index (χ0n) is 15.8. The minimum atomic E-state index is 0.00734. The molecule has 4 rings (SSSR count). The number of hydrogen-bond acceptors (Lipinski definition) is 5. The fraction of sp³-hybridized carbons (Fsp3) is 0.500. The molecule has 144 valence electrons. The van der Waals surface area contributed by atoms with Crippen molar-refractivity contribution in [3.8, 4) is 5.75 Å². The number of amides is 1. The molecule has 1 aromatic carbocycles. The van der Waals surface area contributed by atoms with Crippen LogP contribution < -0.4 is 9.64 Å². The third kappa shape index (κ3) is 4.14. The number of nitrogens with zero attached hydrogens (tertiary/aromatic N) is 5. The van der Waals surface area contributed by atoms with Crippen molar-refractivity contribution < 1.29 is 9.53 Å². The SMILES string of the molecule is Cn1cc(N2CCC(N3CCN(CCOc4ccccc4)CC3)C2=O)cn1. The van der Waals surface area contributed by atoms with E-state index in [4.69, 9.17) is 4.74 Å². The first-order valence-corrected chi connectivity index (χ1v) is 9.65. The largest absolute Gasteiger partial charge is 0.492 e. The van der Waals surface area contributed by atoms with Gasteiger partial charge in [0.25, 0.3) is 0 Å². The second-order valence-corrected chi connectivity index (χ2v) is 7.21. The van der Waals surface area contributed by atoms with Gasteiger partial charge < -0.3 is 9.64 Å². The number of aryl methyl sites for hydroxylation is 1. The molecule has 0 saturated carbocycles. The smallest absolute Gasteiger partial charge is 0.244 e. The van der Waals surface area contributed by atoms with E-state index >= 15 is 0 Å². The summed E-state index contributed by atoms with van der Waals surface area (Å²) in [6.45, 7) is 6.22. The summed E-state index contributed by atoms with van der Waals surface area (Å²) >= 11 is 0. The number of rotatable bonds is 6. The van der Waals surface area contributed by atoms with Gasteiger partial charge in [-0.2, -0.15) is 5.10 Å². The standard InChI is InChI=1S/C20H27N5O2/c1-22-16-17(15-21-22)25-8-7-19(20(25)26)24-11-9-23(10-12-24)13-14-27-18-5-3-2-4-6-18/h2-6,15-16,19H,7-14H2,1H3. The summed E-state index contributed by atoms with van der Waals surface area (Å²) in [5.41, 5.74) is 0.904. The molecule has 2 fully saturated rings. The topological polar surface area (TPSA) is 53.8 Å². The lowest BCUT2D eigenvalue weighted by atomic mass is 10.2. The van der Waals surface area contributed by atoms with Crippen LogP contribution in [0, 0.1) is 0 Å². The number of benzene rings is 1. The summed E-state index contributed by atoms with van der Waals surface area (Å²) in [7, 11) is 1.88. The number of aromatic nitrogens is 2. The van der Waals surface area contributed by atoms with Crippen molar-refractivity contribution in [2.75, 3.05) is 50.8 Å². The van der Waals surface area contributed by atoms with Crippen molar-refractivity contribution in [2.45, 2.75) is 12.5 Å². The van der Waals surface area contributed by atoms with Crippen molar-refractivity contribution in [3.05, 3.63) is 42.7 Å². The molecule has 1 amide bonds. The highest BCUT2D eigenvalue weighted by atomic mass is 16.5. The fourth-order valence-corrected chi connectivity index (χ4v) is 3.92. The Bertz CT molecular complexity index is 755. The summed E-state index contributed by atoms with van der Waals surface area (Å²) in [4.78, 5) is 19.5. The van der Waals surface area contributed by atoms with Crippen LogP contribution in [0.1, 0.15) is 6.42 Å². The highest BCUT2D eigenvalue weighted by Crippen LogP contribution is 2.24. The third-order valence-corrected chi connectivity index (χ3v) is 5.45. The van der Waals surface area contributed by atoms with E-state index in [1.165, 1.54) is 0 Å². The van der Waals surface area contributed by atoms with Crippen molar-refractivity contribution in [3.63, 3.8) is 0 Å². The van der Waals surface area contributed by atoms with Crippen LogP contribution >= 0.6 is 0 Å². The third-order valence-electron chi connectivity index (χ3n) is 5.45. The maximum atomic E-state index is 12.8. The molecule has 0 N–H and O–H groups in total. The van der Waals surface area contributed by atoms with Crippen LogP contribution in [0.5, 0.6) is 5.75 Å². The number of anilines is 1. The lowest BCUT2D eigenvalue weighted by molar-refractivity contribution is -0.122. The highest BCUT2D eigenvalue weighted by molar-refractivity contribution is 5.99. The summed E-state index contributed by atoms with van der Waals surface area (Å²) in [5.74, 6) is 1.13. The highest BCUT2D eigenvalue weighted by Gasteiger charge is 2.38. The molecule has 7 nitrogen and oxygen atoms in total. The quantitative estimate of drug-likeness (QED) is 0.766. The summed E-state index contributed by atoms with van der Waals surface area (Å²) in [6, 6.07) is 9.94. The van der Waals surface area contributed by atoms with E-state index in [9.17, 15) is 4.79 Å². The summed E-state index contributed by atoms with van der Waals surface area (Å²) in [6.07, 6.45) is 4.57. The van der Waals surface area contributed by atoms with E-state index < -0.39 is 0 Å². The van der Waals surface area contributed by atoms with Gasteiger partial charge in [-0.1, -0.05) is 18.2 Å². The van der Waals surface area contributed by atoms with Crippen molar-refractivity contribution >= 4 is 11.6 Å². The number of carbonyl (C=O) groups is 1. The lowest BCUT2D eigenvalue weighted by Crippen LogP contribution is -2.53. The van der Waals surface area contributed by atoms with Crippen molar-refractivity contribution in [1.82, 2.24) is 19.6 Å². The van der Waals surface area contributed by atoms with Gasteiger partial charge in [0, 0.05) is 52.5 Å². The van der Waals surface area contributed by atoms with Crippen LogP contribution in [0.3, 0.4) is 0 Å². The maximum Gasteiger partial charge on any atom is 0.244 e. The predicted octanol–water partition coefficient (Wildman–Crippen LogP) is 1.22. The van der Waals surface area contributed by atoms with Gasteiger partial charge in [-0.15, -0.1) is 0 Å². The molecular formula is C20H27N5O2. The molecule has 7 heteroatoms. The first-order valence-electron chi connectivity index (χ1n) is 9.65. The van der Waals surface area contributed by atoms with Crippen LogP contribution in [0.25, 0.3) is 0 Å². The lowest BCUT2D eigenvalue weighted by Gasteiger charge is -2.37. The minimum Gasteiger partial charge on any atom is -0.492 e. The molecule has 0 aliphatic carbocycles. The Morgan fingerprint density at radius 2 is 1.89 bits per heavy atom. The molecule has 0 radical (unpaired) electrons. The fourth-order valence-electron chi connectivity index (χ4n) is 3.92. The predicted molar refractivity (Wildman–Crippen MR) is 104 cm³/mol. The van der Waals surface area contributed by atoms with Gasteiger partial charge in [0.2, 0.25) is 5.91 Å². The van der Waals surface area contributed by atoms with Gasteiger partial charge in [0.1, 0.15) is 12.4 Å². The Morgan fingerprint density at radius 3 is 2.59 bits per heavy atom. The monoisotopic (exact) mass is 369 g/mol. The molecule has 1 aromatic heterocycles. The number of carbonyl (C=O) groups excluding carboxylic acids is 1. The van der Waals surface area contributed by atoms with Crippen LogP contribution in [-0.4, -0.2) is 77.4 Å². The Morgan fingerprint density at radius 1 is 1.11 bits per heavy atom. The maximum absolute atomic E-state index is 12.8. The van der Waals surface area contributed by atoms with Gasteiger partial charge >= 0.3 is 0 Å². The van der Waals surface area contributed by atoms with E-state index in [1.54, 1.807) is 10.9 Å². The van der Waals surface area contributed by atoms with Crippen LogP contribution in [-0.2, 0) is 11.8 Å². The molecule has 1 atom stereocenters. The number of piperazine rings is 1. The average molecular weight is 369 g/mol. The zero-order valence-corrected chi connectivity index (χ0v) is 15.8. The van der Waals surface area contributed by atoms with Gasteiger partial charge in [-0.3, -0.25) is 19.3 Å². The molecular weight excluding hydrogens is 342 g/mol. The van der Waals surface area contributed by atoms with Crippen LogP contribution in [0.2, 0.25) is 0 Å². The molecule has 0 spiro atoms. The first kappa shape index (κ1) is 18.0. The molecule has 2 aliphatic heterocycles. The minimum absolute atomic E-state index is 0.00734. The Kier molecular flexibility index (Phi) is 5.40. The summed E-state index contributed by atoms with van der Waals surface area (Å²) < 4.78 is 7.54. The van der Waals surface area contributed by atoms with Crippen LogP contribution in [0.15, 0.2) is 42.7 Å². The second kappa shape index (κ2) is 8.10. The average Bonchev–Trinajstić information content (AvgIpc) is 3.29. The molecule has 27 heavy (non-hydrogen) atoms. The van der Waals surface area contributed by atoms with Crippen LogP contribution in [0.4, 0.5) is 5.69 Å². The molecule has 1 unspecified atom stereocenters. The van der Waals surface area contributed by atoms with Gasteiger partial charge in [0.15, 0.2) is 0 Å².